The average Bonchev–Trinajstić information content (AvgIpc) is 2.71. The number of hydrogen-bond donors (Lipinski definition) is 0. The van der Waals surface area contributed by atoms with Gasteiger partial charge in [-0.3, -0.25) is 0 Å². The summed E-state index contributed by atoms with van der Waals surface area (Å²) in [7, 11) is 0. The molecule has 2 rings (SSSR count). The van der Waals surface area contributed by atoms with E-state index < -0.39 is 0 Å². The quantitative estimate of drug-likeness (QED) is 0.735. The predicted molar refractivity (Wildman–Crippen MR) is 80.3 cm³/mol. The molecule has 1 atom stereocenters. The molecule has 3 heteroatoms. The number of hydrogen-bond acceptors (Lipinski definition) is 2. The van der Waals surface area contributed by atoms with Crippen LogP contribution in [0.15, 0.2) is 29.2 Å². The third-order valence-corrected chi connectivity index (χ3v) is 4.77. The molecule has 1 heterocycles. The lowest BCUT2D eigenvalue weighted by molar-refractivity contribution is 0.293. The summed E-state index contributed by atoms with van der Waals surface area (Å²) in [5, 5.41) is 1.83. The van der Waals surface area contributed by atoms with Crippen LogP contribution < -0.4 is 0 Å². The predicted octanol–water partition coefficient (Wildman–Crippen LogP) is 3.81. The summed E-state index contributed by atoms with van der Waals surface area (Å²) in [5.41, 5.74) is 1.54. The first-order valence-electron chi connectivity index (χ1n) is 6.36. The van der Waals surface area contributed by atoms with Crippen LogP contribution in [0, 0.1) is 0 Å². The van der Waals surface area contributed by atoms with Crippen LogP contribution in [0.3, 0.4) is 0 Å². The summed E-state index contributed by atoms with van der Waals surface area (Å²) in [6, 6.07) is 8.84. The Balaban J connectivity index is 1.89. The number of nitrogens with zero attached hydrogens (tertiary/aromatic N) is 1. The van der Waals surface area contributed by atoms with Crippen molar-refractivity contribution in [1.82, 2.24) is 4.90 Å². The van der Waals surface area contributed by atoms with Crippen molar-refractivity contribution in [2.75, 3.05) is 25.0 Å². The van der Waals surface area contributed by atoms with E-state index in [1.807, 2.05) is 0 Å². The maximum absolute atomic E-state index is 3.55. The van der Waals surface area contributed by atoms with Gasteiger partial charge in [0.15, 0.2) is 0 Å². The smallest absolute Gasteiger partial charge is 0.0263 e. The highest BCUT2D eigenvalue weighted by molar-refractivity contribution is 9.09. The summed E-state index contributed by atoms with van der Waals surface area (Å²) in [6.45, 7) is 5.87. The van der Waals surface area contributed by atoms with Crippen LogP contribution in [-0.2, 0) is 6.42 Å². The highest BCUT2D eigenvalue weighted by Crippen LogP contribution is 2.36. The number of rotatable bonds is 6. The molecule has 0 saturated heterocycles. The van der Waals surface area contributed by atoms with Crippen LogP contribution in [0.25, 0.3) is 0 Å². The van der Waals surface area contributed by atoms with Crippen LogP contribution in [0.1, 0.15) is 18.9 Å². The second kappa shape index (κ2) is 6.81. The maximum Gasteiger partial charge on any atom is 0.0263 e. The lowest BCUT2D eigenvalue weighted by atomic mass is 10.1. The zero-order valence-electron chi connectivity index (χ0n) is 10.4. The highest BCUT2D eigenvalue weighted by atomic mass is 79.9. The molecule has 1 aliphatic heterocycles. The van der Waals surface area contributed by atoms with Gasteiger partial charge in [0.1, 0.15) is 0 Å². The standard InChI is InChI=1S/C14H20BrNS/c1-2-8-16(9-7-15)11-13-10-12-5-3-4-6-14(12)17-13/h3-6,13H,2,7-11H2,1H3. The Bertz CT molecular complexity index is 325. The van der Waals surface area contributed by atoms with E-state index in [-0.39, 0.29) is 0 Å². The molecule has 0 radical (unpaired) electrons. The second-order valence-corrected chi connectivity index (χ2v) is 6.68. The van der Waals surface area contributed by atoms with Gasteiger partial charge in [-0.15, -0.1) is 11.8 Å². The van der Waals surface area contributed by atoms with Gasteiger partial charge in [-0.2, -0.15) is 0 Å². The minimum absolute atomic E-state index is 0.748. The van der Waals surface area contributed by atoms with Crippen molar-refractivity contribution < 1.29 is 0 Å². The molecular formula is C14H20BrNS. The summed E-state index contributed by atoms with van der Waals surface area (Å²) in [6.07, 6.45) is 2.49. The molecule has 1 aromatic rings. The molecule has 1 unspecified atom stereocenters. The maximum atomic E-state index is 3.55. The van der Waals surface area contributed by atoms with Crippen molar-refractivity contribution in [1.29, 1.82) is 0 Å². The van der Waals surface area contributed by atoms with E-state index in [4.69, 9.17) is 0 Å². The summed E-state index contributed by atoms with van der Waals surface area (Å²) >= 11 is 5.61. The monoisotopic (exact) mass is 313 g/mol. The van der Waals surface area contributed by atoms with Gasteiger partial charge in [0.2, 0.25) is 0 Å². The third kappa shape index (κ3) is 3.73. The fourth-order valence-corrected chi connectivity index (χ4v) is 4.24. The van der Waals surface area contributed by atoms with E-state index in [1.165, 1.54) is 42.9 Å². The van der Waals surface area contributed by atoms with Crippen LogP contribution in [0.4, 0.5) is 0 Å². The molecule has 0 aromatic heterocycles. The van der Waals surface area contributed by atoms with E-state index in [1.54, 1.807) is 0 Å². The van der Waals surface area contributed by atoms with Gasteiger partial charge in [0.25, 0.3) is 0 Å². The fraction of sp³-hybridized carbons (Fsp3) is 0.571. The van der Waals surface area contributed by atoms with Gasteiger partial charge >= 0.3 is 0 Å². The first-order chi connectivity index (χ1) is 8.33. The van der Waals surface area contributed by atoms with E-state index in [0.29, 0.717) is 0 Å². The molecule has 0 saturated carbocycles. The minimum Gasteiger partial charge on any atom is -0.301 e. The van der Waals surface area contributed by atoms with Gasteiger partial charge in [-0.1, -0.05) is 41.1 Å². The lowest BCUT2D eigenvalue weighted by Crippen LogP contribution is -2.33. The van der Waals surface area contributed by atoms with Crippen molar-refractivity contribution in [3.05, 3.63) is 29.8 Å². The minimum atomic E-state index is 0.748. The fourth-order valence-electron chi connectivity index (χ4n) is 2.37. The third-order valence-electron chi connectivity index (χ3n) is 3.12. The zero-order valence-corrected chi connectivity index (χ0v) is 12.8. The Morgan fingerprint density at radius 3 is 2.88 bits per heavy atom. The molecule has 0 fully saturated rings. The Hall–Kier alpha value is 0.01000. The normalized spacial score (nSPS) is 18.6. The van der Waals surface area contributed by atoms with E-state index >= 15 is 0 Å². The summed E-state index contributed by atoms with van der Waals surface area (Å²) in [4.78, 5) is 4.07. The van der Waals surface area contributed by atoms with Gasteiger partial charge in [0.05, 0.1) is 0 Å². The van der Waals surface area contributed by atoms with E-state index in [9.17, 15) is 0 Å². The molecular weight excluding hydrogens is 294 g/mol. The Kier molecular flexibility index (Phi) is 5.39. The molecule has 1 aromatic carbocycles. The van der Waals surface area contributed by atoms with Crippen molar-refractivity contribution in [3.8, 4) is 0 Å². The molecule has 94 valence electrons. The Labute approximate surface area is 117 Å². The zero-order chi connectivity index (χ0) is 12.1. The van der Waals surface area contributed by atoms with Crippen molar-refractivity contribution >= 4 is 27.7 Å². The number of fused-ring (bicyclic) bond motifs is 1. The van der Waals surface area contributed by atoms with Crippen molar-refractivity contribution in [2.45, 2.75) is 29.9 Å². The number of thioether (sulfide) groups is 1. The first kappa shape index (κ1) is 13.4. The van der Waals surface area contributed by atoms with Gasteiger partial charge in [-0.25, -0.2) is 0 Å². The molecule has 0 bridgehead atoms. The molecule has 1 aliphatic rings. The van der Waals surface area contributed by atoms with Crippen molar-refractivity contribution in [3.63, 3.8) is 0 Å². The molecule has 0 spiro atoms. The average molecular weight is 314 g/mol. The van der Waals surface area contributed by atoms with E-state index in [0.717, 1.165) is 10.6 Å². The van der Waals surface area contributed by atoms with Crippen LogP contribution in [0.2, 0.25) is 0 Å². The number of alkyl halides is 1. The SMILES string of the molecule is CCCN(CCBr)CC1Cc2ccccc2S1. The van der Waals surface area contributed by atoms with Gasteiger partial charge in [-0.05, 0) is 31.0 Å². The Morgan fingerprint density at radius 1 is 1.35 bits per heavy atom. The second-order valence-electron chi connectivity index (χ2n) is 4.54. The highest BCUT2D eigenvalue weighted by Gasteiger charge is 2.23. The van der Waals surface area contributed by atoms with Crippen LogP contribution in [0.5, 0.6) is 0 Å². The summed E-state index contributed by atoms with van der Waals surface area (Å²) < 4.78 is 0. The number of halogens is 1. The van der Waals surface area contributed by atoms with Crippen LogP contribution in [-0.4, -0.2) is 35.1 Å². The molecule has 0 N–H and O–H groups in total. The first-order valence-corrected chi connectivity index (χ1v) is 8.36. The van der Waals surface area contributed by atoms with E-state index in [2.05, 4.69) is 63.8 Å². The molecule has 1 nitrogen and oxygen atoms in total. The largest absolute Gasteiger partial charge is 0.301 e. The molecule has 17 heavy (non-hydrogen) atoms. The molecule has 0 aliphatic carbocycles. The van der Waals surface area contributed by atoms with Crippen molar-refractivity contribution in [2.24, 2.45) is 0 Å². The topological polar surface area (TPSA) is 3.24 Å². The van der Waals surface area contributed by atoms with Crippen LogP contribution >= 0.6 is 27.7 Å². The lowest BCUT2D eigenvalue weighted by Gasteiger charge is -2.23. The molecule has 0 amide bonds. The van der Waals surface area contributed by atoms with Gasteiger partial charge < -0.3 is 4.90 Å². The summed E-state index contributed by atoms with van der Waals surface area (Å²) in [5.74, 6) is 0. The Morgan fingerprint density at radius 2 is 2.18 bits per heavy atom. The number of benzene rings is 1. The van der Waals surface area contributed by atoms with Gasteiger partial charge in [0, 0.05) is 28.6 Å².